The van der Waals surface area contributed by atoms with Crippen LogP contribution in [0.3, 0.4) is 0 Å². The Bertz CT molecular complexity index is 625. The second-order valence-electron chi connectivity index (χ2n) is 5.22. The third-order valence-electron chi connectivity index (χ3n) is 3.63. The molecule has 0 unspecified atom stereocenters. The molecule has 110 valence electrons. The minimum Gasteiger partial charge on any atom is -0.341 e. The Kier molecular flexibility index (Phi) is 4.20. The molecule has 0 bridgehead atoms. The molecule has 0 spiro atoms. The van der Waals surface area contributed by atoms with Crippen molar-refractivity contribution in [2.24, 2.45) is 0 Å². The van der Waals surface area contributed by atoms with Gasteiger partial charge in [0.15, 0.2) is 0 Å². The van der Waals surface area contributed by atoms with Crippen LogP contribution in [0.25, 0.3) is 0 Å². The fourth-order valence-corrected chi connectivity index (χ4v) is 2.62. The number of hydrogen-bond acceptors (Lipinski definition) is 5. The minimum atomic E-state index is 0.224. The second kappa shape index (κ2) is 6.26. The van der Waals surface area contributed by atoms with Gasteiger partial charge >= 0.3 is 0 Å². The van der Waals surface area contributed by atoms with Gasteiger partial charge in [-0.2, -0.15) is 15.0 Å². The van der Waals surface area contributed by atoms with Gasteiger partial charge < -0.3 is 10.2 Å². The van der Waals surface area contributed by atoms with E-state index in [1.165, 1.54) is 19.3 Å². The number of rotatable bonds is 3. The molecule has 1 aliphatic heterocycles. The Morgan fingerprint density at radius 2 is 1.81 bits per heavy atom. The monoisotopic (exact) mass is 303 g/mol. The van der Waals surface area contributed by atoms with Crippen LogP contribution in [0, 0.1) is 6.92 Å². The highest BCUT2D eigenvalue weighted by atomic mass is 35.5. The van der Waals surface area contributed by atoms with Crippen molar-refractivity contribution in [1.29, 1.82) is 0 Å². The van der Waals surface area contributed by atoms with Crippen LogP contribution in [0.4, 0.5) is 17.6 Å². The van der Waals surface area contributed by atoms with Crippen LogP contribution in [0.1, 0.15) is 24.8 Å². The van der Waals surface area contributed by atoms with Crippen molar-refractivity contribution < 1.29 is 0 Å². The van der Waals surface area contributed by atoms with Crippen LogP contribution < -0.4 is 10.2 Å². The molecule has 0 atom stereocenters. The zero-order valence-electron chi connectivity index (χ0n) is 12.0. The topological polar surface area (TPSA) is 53.9 Å². The van der Waals surface area contributed by atoms with Crippen molar-refractivity contribution in [1.82, 2.24) is 15.0 Å². The quantitative estimate of drug-likeness (QED) is 0.939. The van der Waals surface area contributed by atoms with Gasteiger partial charge in [-0.15, -0.1) is 0 Å². The number of aromatic nitrogens is 3. The first-order chi connectivity index (χ1) is 10.2. The lowest BCUT2D eigenvalue weighted by Crippen LogP contribution is -2.31. The van der Waals surface area contributed by atoms with Gasteiger partial charge in [0, 0.05) is 18.8 Å². The van der Waals surface area contributed by atoms with E-state index in [2.05, 4.69) is 25.2 Å². The maximum absolute atomic E-state index is 6.05. The highest BCUT2D eigenvalue weighted by Gasteiger charge is 2.16. The molecule has 1 aromatic carbocycles. The largest absolute Gasteiger partial charge is 0.341 e. The summed E-state index contributed by atoms with van der Waals surface area (Å²) in [6.45, 7) is 3.99. The van der Waals surface area contributed by atoms with Gasteiger partial charge in [-0.1, -0.05) is 18.2 Å². The van der Waals surface area contributed by atoms with Gasteiger partial charge in [0.25, 0.3) is 0 Å². The van der Waals surface area contributed by atoms with Crippen molar-refractivity contribution in [3.63, 3.8) is 0 Å². The Hall–Kier alpha value is -1.88. The third-order valence-corrected chi connectivity index (χ3v) is 3.80. The van der Waals surface area contributed by atoms with Crippen molar-refractivity contribution in [3.05, 3.63) is 35.1 Å². The first-order valence-corrected chi connectivity index (χ1v) is 7.59. The number of anilines is 3. The van der Waals surface area contributed by atoms with E-state index in [1.54, 1.807) is 0 Å². The summed E-state index contributed by atoms with van der Waals surface area (Å²) < 4.78 is 0. The van der Waals surface area contributed by atoms with E-state index in [9.17, 15) is 0 Å². The highest BCUT2D eigenvalue weighted by molar-refractivity contribution is 6.28. The summed E-state index contributed by atoms with van der Waals surface area (Å²) in [4.78, 5) is 15.1. The zero-order chi connectivity index (χ0) is 14.7. The summed E-state index contributed by atoms with van der Waals surface area (Å²) in [6.07, 6.45) is 3.61. The van der Waals surface area contributed by atoms with Crippen LogP contribution in [0.2, 0.25) is 5.28 Å². The van der Waals surface area contributed by atoms with Gasteiger partial charge in [0.1, 0.15) is 0 Å². The molecule has 3 rings (SSSR count). The molecule has 1 fully saturated rings. The summed E-state index contributed by atoms with van der Waals surface area (Å²) in [5.74, 6) is 1.15. The molecular formula is C15H18ClN5. The number of aryl methyl sites for hydroxylation is 1. The predicted octanol–water partition coefficient (Wildman–Crippen LogP) is 3.57. The minimum absolute atomic E-state index is 0.224. The van der Waals surface area contributed by atoms with E-state index in [4.69, 9.17) is 11.6 Å². The molecule has 1 N–H and O–H groups in total. The second-order valence-corrected chi connectivity index (χ2v) is 5.55. The number of nitrogens with one attached hydrogen (secondary N) is 1. The van der Waals surface area contributed by atoms with Crippen molar-refractivity contribution in [3.8, 4) is 0 Å². The van der Waals surface area contributed by atoms with E-state index >= 15 is 0 Å². The summed E-state index contributed by atoms with van der Waals surface area (Å²) in [6, 6.07) is 8.01. The fraction of sp³-hybridized carbons (Fsp3) is 0.400. The van der Waals surface area contributed by atoms with Gasteiger partial charge in [-0.25, -0.2) is 0 Å². The Morgan fingerprint density at radius 1 is 1.05 bits per heavy atom. The Labute approximate surface area is 129 Å². The normalized spacial score (nSPS) is 15.0. The van der Waals surface area contributed by atoms with E-state index in [-0.39, 0.29) is 5.28 Å². The third kappa shape index (κ3) is 3.42. The standard InChI is InChI=1S/C15H18ClN5/c1-11-7-3-4-8-12(11)17-14-18-13(16)19-15(20-14)21-9-5-2-6-10-21/h3-4,7-8H,2,5-6,9-10H2,1H3,(H,17,18,19,20). The lowest BCUT2D eigenvalue weighted by Gasteiger charge is -2.26. The molecule has 0 radical (unpaired) electrons. The molecule has 5 nitrogen and oxygen atoms in total. The first kappa shape index (κ1) is 14.1. The molecule has 0 aliphatic carbocycles. The Balaban J connectivity index is 1.85. The average Bonchev–Trinajstić information content (AvgIpc) is 2.50. The first-order valence-electron chi connectivity index (χ1n) is 7.21. The van der Waals surface area contributed by atoms with Gasteiger partial charge in [-0.3, -0.25) is 0 Å². The van der Waals surface area contributed by atoms with Crippen LogP contribution in [0.5, 0.6) is 0 Å². The molecule has 0 saturated carbocycles. The molecule has 21 heavy (non-hydrogen) atoms. The molecule has 6 heteroatoms. The molecular weight excluding hydrogens is 286 g/mol. The smallest absolute Gasteiger partial charge is 0.233 e. The number of para-hydroxylation sites is 1. The summed E-state index contributed by atoms with van der Waals surface area (Å²) in [7, 11) is 0. The maximum Gasteiger partial charge on any atom is 0.233 e. The number of halogens is 1. The summed E-state index contributed by atoms with van der Waals surface area (Å²) >= 11 is 6.05. The number of nitrogens with zero attached hydrogens (tertiary/aromatic N) is 4. The van der Waals surface area contributed by atoms with E-state index in [1.807, 2.05) is 31.2 Å². The summed E-state index contributed by atoms with van der Waals surface area (Å²) in [5, 5.41) is 3.44. The molecule has 1 saturated heterocycles. The van der Waals surface area contributed by atoms with E-state index in [0.717, 1.165) is 24.3 Å². The number of piperidine rings is 1. The van der Waals surface area contributed by atoms with Gasteiger partial charge in [0.05, 0.1) is 0 Å². The van der Waals surface area contributed by atoms with E-state index in [0.29, 0.717) is 11.9 Å². The molecule has 2 heterocycles. The van der Waals surface area contributed by atoms with Crippen molar-refractivity contribution in [2.45, 2.75) is 26.2 Å². The molecule has 1 aliphatic rings. The Morgan fingerprint density at radius 3 is 2.57 bits per heavy atom. The zero-order valence-corrected chi connectivity index (χ0v) is 12.8. The fourth-order valence-electron chi connectivity index (χ4n) is 2.46. The van der Waals surface area contributed by atoms with Crippen LogP contribution in [-0.2, 0) is 0 Å². The van der Waals surface area contributed by atoms with Crippen LogP contribution in [0.15, 0.2) is 24.3 Å². The molecule has 0 amide bonds. The average molecular weight is 304 g/mol. The lowest BCUT2D eigenvalue weighted by molar-refractivity contribution is 0.567. The SMILES string of the molecule is Cc1ccccc1Nc1nc(Cl)nc(N2CCCCC2)n1. The highest BCUT2D eigenvalue weighted by Crippen LogP contribution is 2.22. The maximum atomic E-state index is 6.05. The predicted molar refractivity (Wildman–Crippen MR) is 85.4 cm³/mol. The molecule has 2 aromatic rings. The number of hydrogen-bond donors (Lipinski definition) is 1. The summed E-state index contributed by atoms with van der Waals surface area (Å²) in [5.41, 5.74) is 2.11. The van der Waals surface area contributed by atoms with Crippen molar-refractivity contribution >= 4 is 29.2 Å². The van der Waals surface area contributed by atoms with Crippen LogP contribution >= 0.6 is 11.6 Å². The van der Waals surface area contributed by atoms with E-state index < -0.39 is 0 Å². The molecule has 1 aromatic heterocycles. The van der Waals surface area contributed by atoms with Gasteiger partial charge in [-0.05, 0) is 49.4 Å². The van der Waals surface area contributed by atoms with Crippen LogP contribution in [-0.4, -0.2) is 28.0 Å². The lowest BCUT2D eigenvalue weighted by atomic mass is 10.1. The van der Waals surface area contributed by atoms with Crippen molar-refractivity contribution in [2.75, 3.05) is 23.3 Å². The van der Waals surface area contributed by atoms with Gasteiger partial charge in [0.2, 0.25) is 17.2 Å². The number of benzene rings is 1.